The van der Waals surface area contributed by atoms with Gasteiger partial charge in [0.15, 0.2) is 6.61 Å². The molecule has 0 atom stereocenters. The van der Waals surface area contributed by atoms with E-state index in [9.17, 15) is 14.0 Å². The van der Waals surface area contributed by atoms with Crippen LogP contribution in [0.15, 0.2) is 71.8 Å². The number of ether oxygens (including phenoxy) is 2. The third kappa shape index (κ3) is 6.53. The molecule has 0 aromatic heterocycles. The molecule has 31 heavy (non-hydrogen) atoms. The largest absolute Gasteiger partial charge is 0.482 e. The maximum atomic E-state index is 13.6. The van der Waals surface area contributed by atoms with Gasteiger partial charge in [0.25, 0.3) is 5.91 Å². The lowest BCUT2D eigenvalue weighted by molar-refractivity contribution is -0.123. The Morgan fingerprint density at radius 3 is 2.48 bits per heavy atom. The average Bonchev–Trinajstić information content (AvgIpc) is 2.74. The number of carbonyl (C=O) groups is 2. The zero-order chi connectivity index (χ0) is 22.2. The molecule has 0 saturated carbocycles. The van der Waals surface area contributed by atoms with Crippen molar-refractivity contribution >= 4 is 41.3 Å². The fourth-order valence-electron chi connectivity index (χ4n) is 2.36. The molecule has 0 aliphatic rings. The van der Waals surface area contributed by atoms with Crippen molar-refractivity contribution in [1.82, 2.24) is 5.43 Å². The Labute approximate surface area is 187 Å². The zero-order valence-electron chi connectivity index (χ0n) is 15.8. The lowest BCUT2D eigenvalue weighted by atomic mass is 10.2. The van der Waals surface area contributed by atoms with E-state index in [1.54, 1.807) is 30.3 Å². The van der Waals surface area contributed by atoms with Crippen molar-refractivity contribution in [2.24, 2.45) is 5.10 Å². The molecule has 0 unspecified atom stereocenters. The van der Waals surface area contributed by atoms with Gasteiger partial charge in [0.2, 0.25) is 0 Å². The number of hydrazone groups is 1. The molecular formula is C22H15Cl2FN2O4. The molecule has 1 amide bonds. The monoisotopic (exact) mass is 460 g/mol. The molecule has 0 heterocycles. The number of benzene rings is 3. The maximum absolute atomic E-state index is 13.6. The Balaban J connectivity index is 1.48. The topological polar surface area (TPSA) is 77.0 Å². The quantitative estimate of drug-likeness (QED) is 0.236. The number of esters is 1. The predicted octanol–water partition coefficient (Wildman–Crippen LogP) is 4.88. The van der Waals surface area contributed by atoms with Crippen molar-refractivity contribution < 1.29 is 23.5 Å². The van der Waals surface area contributed by atoms with Gasteiger partial charge in [-0.1, -0.05) is 35.3 Å². The van der Waals surface area contributed by atoms with E-state index in [1.165, 1.54) is 42.6 Å². The first-order valence-electron chi connectivity index (χ1n) is 8.89. The molecular weight excluding hydrogens is 446 g/mol. The second kappa shape index (κ2) is 10.6. The minimum Gasteiger partial charge on any atom is -0.482 e. The van der Waals surface area contributed by atoms with Crippen LogP contribution in [0, 0.1) is 5.82 Å². The Morgan fingerprint density at radius 2 is 1.77 bits per heavy atom. The van der Waals surface area contributed by atoms with E-state index in [0.29, 0.717) is 21.4 Å². The summed E-state index contributed by atoms with van der Waals surface area (Å²) >= 11 is 11.8. The molecule has 0 aliphatic heterocycles. The standard InChI is InChI=1S/C22H15Cl2FN2O4/c23-15-7-10-20(18(24)11-15)30-13-21(28)27-26-12-14-5-8-16(9-6-14)31-22(29)17-3-1-2-4-19(17)25/h1-12H,13H2,(H,27,28)/b26-12+. The van der Waals surface area contributed by atoms with Gasteiger partial charge in [0.05, 0.1) is 16.8 Å². The first kappa shape index (κ1) is 22.3. The van der Waals surface area contributed by atoms with E-state index in [2.05, 4.69) is 10.5 Å². The second-order valence-corrected chi connectivity index (χ2v) is 6.94. The molecule has 0 radical (unpaired) electrons. The Morgan fingerprint density at radius 1 is 1.03 bits per heavy atom. The minimum atomic E-state index is -0.799. The van der Waals surface area contributed by atoms with Crippen LogP contribution in [0.3, 0.4) is 0 Å². The molecule has 0 fully saturated rings. The minimum absolute atomic E-state index is 0.155. The van der Waals surface area contributed by atoms with Crippen LogP contribution in [0.5, 0.6) is 11.5 Å². The third-order valence-corrected chi connectivity index (χ3v) is 4.37. The number of amides is 1. The predicted molar refractivity (Wildman–Crippen MR) is 115 cm³/mol. The Kier molecular flexibility index (Phi) is 7.59. The average molecular weight is 461 g/mol. The van der Waals surface area contributed by atoms with Gasteiger partial charge in [-0.3, -0.25) is 4.79 Å². The number of nitrogens with one attached hydrogen (secondary N) is 1. The van der Waals surface area contributed by atoms with Crippen molar-refractivity contribution in [1.29, 1.82) is 0 Å². The van der Waals surface area contributed by atoms with Crippen molar-refractivity contribution in [3.8, 4) is 11.5 Å². The van der Waals surface area contributed by atoms with Crippen LogP contribution in [0.4, 0.5) is 4.39 Å². The lowest BCUT2D eigenvalue weighted by Crippen LogP contribution is -2.24. The van der Waals surface area contributed by atoms with Gasteiger partial charge in [0.1, 0.15) is 17.3 Å². The molecule has 0 bridgehead atoms. The summed E-state index contributed by atoms with van der Waals surface area (Å²) in [6.07, 6.45) is 1.40. The van der Waals surface area contributed by atoms with Crippen molar-refractivity contribution in [3.63, 3.8) is 0 Å². The van der Waals surface area contributed by atoms with E-state index in [1.807, 2.05) is 0 Å². The molecule has 158 valence electrons. The number of halogens is 3. The summed E-state index contributed by atoms with van der Waals surface area (Å²) in [6, 6.07) is 16.5. The van der Waals surface area contributed by atoms with Crippen molar-refractivity contribution in [2.75, 3.05) is 6.61 Å². The molecule has 1 N–H and O–H groups in total. The van der Waals surface area contributed by atoms with Crippen molar-refractivity contribution in [2.45, 2.75) is 0 Å². The SMILES string of the molecule is O=C(COc1ccc(Cl)cc1Cl)N/N=C/c1ccc(OC(=O)c2ccccc2F)cc1. The summed E-state index contributed by atoms with van der Waals surface area (Å²) in [5.74, 6) is -1.38. The highest BCUT2D eigenvalue weighted by atomic mass is 35.5. The maximum Gasteiger partial charge on any atom is 0.346 e. The van der Waals surface area contributed by atoms with Crippen LogP contribution >= 0.6 is 23.2 Å². The highest BCUT2D eigenvalue weighted by Crippen LogP contribution is 2.27. The molecule has 0 saturated heterocycles. The molecule has 0 aliphatic carbocycles. The molecule has 0 spiro atoms. The number of hydrogen-bond acceptors (Lipinski definition) is 5. The van der Waals surface area contributed by atoms with Crippen molar-refractivity contribution in [3.05, 3.63) is 93.7 Å². The van der Waals surface area contributed by atoms with E-state index in [-0.39, 0.29) is 17.9 Å². The number of rotatable bonds is 7. The summed E-state index contributed by atoms with van der Waals surface area (Å²) in [6.45, 7) is -0.288. The van der Waals surface area contributed by atoms with E-state index in [0.717, 1.165) is 0 Å². The van der Waals surface area contributed by atoms with Gasteiger partial charge in [-0.15, -0.1) is 0 Å². The summed E-state index contributed by atoms with van der Waals surface area (Å²) in [7, 11) is 0. The molecule has 9 heteroatoms. The zero-order valence-corrected chi connectivity index (χ0v) is 17.4. The molecule has 3 rings (SSSR count). The van der Waals surface area contributed by atoms with E-state index in [4.69, 9.17) is 32.7 Å². The lowest BCUT2D eigenvalue weighted by Gasteiger charge is -2.07. The van der Waals surface area contributed by atoms with Crippen LogP contribution in [0.2, 0.25) is 10.0 Å². The molecule has 3 aromatic rings. The summed E-state index contributed by atoms with van der Waals surface area (Å²) in [5.41, 5.74) is 2.79. The summed E-state index contributed by atoms with van der Waals surface area (Å²) < 4.78 is 24.1. The highest BCUT2D eigenvalue weighted by molar-refractivity contribution is 6.35. The summed E-state index contributed by atoms with van der Waals surface area (Å²) in [4.78, 5) is 23.8. The van der Waals surface area contributed by atoms with E-state index < -0.39 is 17.7 Å². The third-order valence-electron chi connectivity index (χ3n) is 3.84. The van der Waals surface area contributed by atoms with Gasteiger partial charge in [-0.2, -0.15) is 5.10 Å². The number of nitrogens with zero attached hydrogens (tertiary/aromatic N) is 1. The Bertz CT molecular complexity index is 1120. The van der Waals surface area contributed by atoms with E-state index >= 15 is 0 Å². The molecule has 3 aromatic carbocycles. The number of hydrogen-bond donors (Lipinski definition) is 1. The fraction of sp³-hybridized carbons (Fsp3) is 0.0455. The Hall–Kier alpha value is -3.42. The van der Waals surface area contributed by atoms with Gasteiger partial charge < -0.3 is 9.47 Å². The van der Waals surface area contributed by atoms with Gasteiger partial charge in [-0.25, -0.2) is 14.6 Å². The molecule has 6 nitrogen and oxygen atoms in total. The van der Waals surface area contributed by atoms with Gasteiger partial charge >= 0.3 is 5.97 Å². The number of carbonyl (C=O) groups excluding carboxylic acids is 2. The van der Waals surface area contributed by atoms with Gasteiger partial charge in [-0.05, 0) is 60.2 Å². The van der Waals surface area contributed by atoms with Gasteiger partial charge in [0, 0.05) is 5.02 Å². The smallest absolute Gasteiger partial charge is 0.346 e. The first-order valence-corrected chi connectivity index (χ1v) is 9.64. The van der Waals surface area contributed by atoms with Crippen LogP contribution in [-0.2, 0) is 4.79 Å². The van der Waals surface area contributed by atoms with Crippen LogP contribution in [0.1, 0.15) is 15.9 Å². The van der Waals surface area contributed by atoms with Crippen LogP contribution in [-0.4, -0.2) is 24.7 Å². The van der Waals surface area contributed by atoms with Crippen LogP contribution < -0.4 is 14.9 Å². The summed E-state index contributed by atoms with van der Waals surface area (Å²) in [5, 5.41) is 4.57. The fourth-order valence-corrected chi connectivity index (χ4v) is 2.82. The normalized spacial score (nSPS) is 10.7. The highest BCUT2D eigenvalue weighted by Gasteiger charge is 2.13. The second-order valence-electron chi connectivity index (χ2n) is 6.09. The van der Waals surface area contributed by atoms with Crippen LogP contribution in [0.25, 0.3) is 0 Å². The first-order chi connectivity index (χ1) is 14.9.